The number of alkyl halides is 5. The Morgan fingerprint density at radius 3 is 2.53 bits per heavy atom. The van der Waals surface area contributed by atoms with E-state index in [0.717, 1.165) is 24.3 Å². The van der Waals surface area contributed by atoms with Crippen LogP contribution in [0.4, 0.5) is 26.3 Å². The van der Waals surface area contributed by atoms with Gasteiger partial charge < -0.3 is 15.2 Å². The number of fused-ring (bicyclic) bond motifs is 1. The molecule has 2 aromatic rings. The summed E-state index contributed by atoms with van der Waals surface area (Å²) in [6.07, 6.45) is -1.18. The van der Waals surface area contributed by atoms with Crippen molar-refractivity contribution in [3.8, 4) is 17.6 Å². The molecule has 1 aliphatic carbocycles. The smallest absolute Gasteiger partial charge is 0.457 e. The molecule has 32 heavy (non-hydrogen) atoms. The van der Waals surface area contributed by atoms with Gasteiger partial charge in [0.25, 0.3) is 15.8 Å². The number of benzene rings is 2. The Bertz CT molecular complexity index is 1190. The monoisotopic (exact) mass is 480 g/mol. The largest absolute Gasteiger partial charge is 0.501 e. The first kappa shape index (κ1) is 23.8. The molecule has 172 valence electrons. The van der Waals surface area contributed by atoms with Crippen molar-refractivity contribution in [2.75, 3.05) is 13.2 Å². The van der Waals surface area contributed by atoms with E-state index < -0.39 is 74.5 Å². The molecule has 6 nitrogen and oxygen atoms in total. The summed E-state index contributed by atoms with van der Waals surface area (Å²) >= 11 is 0. The first-order valence-electron chi connectivity index (χ1n) is 8.89. The molecule has 0 bridgehead atoms. The van der Waals surface area contributed by atoms with Gasteiger partial charge in [-0.05, 0) is 24.3 Å². The van der Waals surface area contributed by atoms with Crippen LogP contribution in [-0.2, 0) is 16.3 Å². The van der Waals surface area contributed by atoms with Crippen LogP contribution in [0.25, 0.3) is 0 Å². The Hall–Kier alpha value is -2.82. The van der Waals surface area contributed by atoms with Crippen molar-refractivity contribution >= 4 is 9.84 Å². The molecule has 13 heteroatoms. The van der Waals surface area contributed by atoms with E-state index >= 15 is 0 Å². The molecule has 0 saturated heterocycles. The Labute approximate surface area is 178 Å². The van der Waals surface area contributed by atoms with Crippen molar-refractivity contribution in [2.24, 2.45) is 0 Å². The molecule has 1 unspecified atom stereocenters. The van der Waals surface area contributed by atoms with Crippen LogP contribution in [0.1, 0.15) is 22.7 Å². The first-order valence-corrected chi connectivity index (χ1v) is 10.4. The van der Waals surface area contributed by atoms with Crippen LogP contribution >= 0.6 is 0 Å². The van der Waals surface area contributed by atoms with Gasteiger partial charge in [0.05, 0.1) is 29.2 Å². The quantitative estimate of drug-likeness (QED) is 0.613. The summed E-state index contributed by atoms with van der Waals surface area (Å²) in [7, 11) is -6.01. The average molecular weight is 480 g/mol. The number of sulfone groups is 1. The number of nitrogens with zero attached hydrogens (tertiary/aromatic N) is 1. The van der Waals surface area contributed by atoms with Gasteiger partial charge in [0.2, 0.25) is 0 Å². The fraction of sp³-hybridized carbons (Fsp3) is 0.316. The number of nitriles is 1. The molecule has 0 spiro atoms. The maximum atomic E-state index is 14.7. The van der Waals surface area contributed by atoms with Crippen LogP contribution in [-0.4, -0.2) is 38.1 Å². The highest BCUT2D eigenvalue weighted by molar-refractivity contribution is 7.92. The van der Waals surface area contributed by atoms with Gasteiger partial charge in [0.15, 0.2) is 0 Å². The minimum absolute atomic E-state index is 0.166. The summed E-state index contributed by atoms with van der Waals surface area (Å²) in [6, 6.07) is 3.51. The highest BCUT2D eigenvalue weighted by Crippen LogP contribution is 2.51. The number of ether oxygens (including phenoxy) is 1. The predicted octanol–water partition coefficient (Wildman–Crippen LogP) is 3.60. The summed E-state index contributed by atoms with van der Waals surface area (Å²) in [6.45, 7) is -1.09. The van der Waals surface area contributed by atoms with Crippen molar-refractivity contribution in [2.45, 2.75) is 28.8 Å². The van der Waals surface area contributed by atoms with Gasteiger partial charge in [-0.3, -0.25) is 0 Å². The molecule has 0 heterocycles. The lowest BCUT2D eigenvalue weighted by molar-refractivity contribution is -0.0442. The maximum absolute atomic E-state index is 14.7. The molecule has 1 atom stereocenters. The lowest BCUT2D eigenvalue weighted by atomic mass is 10.1. The molecule has 2 N–H and O–H groups in total. The second-order valence-corrected chi connectivity index (χ2v) is 8.75. The Morgan fingerprint density at radius 1 is 1.25 bits per heavy atom. The zero-order chi connectivity index (χ0) is 23.9. The highest BCUT2D eigenvalue weighted by atomic mass is 32.2. The predicted molar refractivity (Wildman–Crippen MR) is 97.4 cm³/mol. The normalized spacial score (nSPS) is 17.6. The maximum Gasteiger partial charge on any atom is 0.501 e. The Kier molecular flexibility index (Phi) is 6.16. The number of aliphatic hydroxyl groups excluding tert-OH is 1. The lowest BCUT2D eigenvalue weighted by Crippen LogP contribution is -2.36. The van der Waals surface area contributed by atoms with Crippen LogP contribution in [0.2, 0.25) is 0 Å². The van der Waals surface area contributed by atoms with Crippen molar-refractivity contribution < 1.29 is 44.6 Å². The molecule has 0 fully saturated rings. The van der Waals surface area contributed by atoms with Gasteiger partial charge in [-0.15, -0.1) is 0 Å². The van der Waals surface area contributed by atoms with Crippen molar-refractivity contribution in [3.63, 3.8) is 0 Å². The number of rotatable bonds is 6. The van der Waals surface area contributed by atoms with Gasteiger partial charge in [-0.25, -0.2) is 21.6 Å². The summed E-state index contributed by atoms with van der Waals surface area (Å²) in [5.41, 5.74) is -7.30. The SMILES string of the molecule is N#Cc1cc(F)cc(Oc2ccc(S(=O)(=O)C(F)(F)F)c3c2CC(F)(F)C3NCCO)c1. The van der Waals surface area contributed by atoms with Crippen LogP contribution in [0.15, 0.2) is 35.2 Å². The second-order valence-electron chi connectivity index (χ2n) is 6.84. The van der Waals surface area contributed by atoms with E-state index in [1.807, 2.05) is 0 Å². The van der Waals surface area contributed by atoms with E-state index in [2.05, 4.69) is 5.32 Å². The third-order valence-electron chi connectivity index (χ3n) is 4.68. The minimum atomic E-state index is -6.01. The van der Waals surface area contributed by atoms with Crippen LogP contribution in [0, 0.1) is 17.1 Å². The molecule has 3 rings (SSSR count). The summed E-state index contributed by atoms with van der Waals surface area (Å²) in [5.74, 6) is -5.35. The molecular weight excluding hydrogens is 466 g/mol. The lowest BCUT2D eigenvalue weighted by Gasteiger charge is -2.23. The van der Waals surface area contributed by atoms with Gasteiger partial charge in [0, 0.05) is 30.2 Å². The molecule has 0 saturated carbocycles. The standard InChI is InChI=1S/C19H14F6N2O4S/c20-11-5-10(9-26)6-12(7-11)31-14-1-2-15(32(29,30)19(23,24)25)16-13(14)8-18(21,22)17(16)27-3-4-28/h1-2,5-7,17,27-28H,3-4,8H2. The second kappa shape index (κ2) is 8.27. The number of nitrogens with one attached hydrogen (secondary N) is 1. The zero-order valence-corrected chi connectivity index (χ0v) is 16.7. The van der Waals surface area contributed by atoms with Gasteiger partial charge in [-0.2, -0.15) is 18.4 Å². The van der Waals surface area contributed by atoms with E-state index in [4.69, 9.17) is 15.1 Å². The van der Waals surface area contributed by atoms with Crippen LogP contribution in [0.3, 0.4) is 0 Å². The molecule has 0 amide bonds. The number of aliphatic hydroxyl groups is 1. The molecule has 2 aromatic carbocycles. The molecule has 0 radical (unpaired) electrons. The Balaban J connectivity index is 2.21. The summed E-state index contributed by atoms with van der Waals surface area (Å²) in [5, 5.41) is 20.0. The third kappa shape index (κ3) is 4.25. The fourth-order valence-corrected chi connectivity index (χ4v) is 4.43. The number of hydrogen-bond acceptors (Lipinski definition) is 6. The molecule has 0 aromatic heterocycles. The third-order valence-corrected chi connectivity index (χ3v) is 6.22. The molecular formula is C19H14F6N2O4S. The highest BCUT2D eigenvalue weighted by Gasteiger charge is 2.55. The van der Waals surface area contributed by atoms with Crippen LogP contribution in [0.5, 0.6) is 11.5 Å². The van der Waals surface area contributed by atoms with E-state index in [0.29, 0.717) is 6.07 Å². The van der Waals surface area contributed by atoms with Gasteiger partial charge in [0.1, 0.15) is 17.3 Å². The van der Waals surface area contributed by atoms with Crippen LogP contribution < -0.4 is 10.1 Å². The van der Waals surface area contributed by atoms with E-state index in [9.17, 15) is 34.8 Å². The van der Waals surface area contributed by atoms with Gasteiger partial charge >= 0.3 is 5.51 Å². The topological polar surface area (TPSA) is 99.4 Å². The number of halogens is 6. The minimum Gasteiger partial charge on any atom is -0.457 e. The molecule has 1 aliphatic rings. The van der Waals surface area contributed by atoms with E-state index in [-0.39, 0.29) is 11.3 Å². The van der Waals surface area contributed by atoms with E-state index in [1.165, 1.54) is 0 Å². The Morgan fingerprint density at radius 2 is 1.94 bits per heavy atom. The van der Waals surface area contributed by atoms with E-state index in [1.54, 1.807) is 6.07 Å². The summed E-state index contributed by atoms with van der Waals surface area (Å²) in [4.78, 5) is -1.38. The first-order chi connectivity index (χ1) is 14.8. The fourth-order valence-electron chi connectivity index (χ4n) is 3.40. The number of hydrogen-bond donors (Lipinski definition) is 2. The zero-order valence-electron chi connectivity index (χ0n) is 15.9. The van der Waals surface area contributed by atoms with Crippen molar-refractivity contribution in [1.82, 2.24) is 5.32 Å². The average Bonchev–Trinajstić information content (AvgIpc) is 2.95. The summed E-state index contributed by atoms with van der Waals surface area (Å²) < 4.78 is 112. The van der Waals surface area contributed by atoms with Crippen molar-refractivity contribution in [3.05, 3.63) is 52.8 Å². The molecule has 0 aliphatic heterocycles. The van der Waals surface area contributed by atoms with Gasteiger partial charge in [-0.1, -0.05) is 0 Å². The van der Waals surface area contributed by atoms with Crippen molar-refractivity contribution in [1.29, 1.82) is 5.26 Å².